The van der Waals surface area contributed by atoms with Crippen LogP contribution < -0.4 is 10.6 Å². The van der Waals surface area contributed by atoms with E-state index >= 15 is 0 Å². The first-order chi connectivity index (χ1) is 16.1. The highest BCUT2D eigenvalue weighted by Gasteiger charge is 2.17. The molecule has 2 aromatic carbocycles. The van der Waals surface area contributed by atoms with Gasteiger partial charge in [0.2, 0.25) is 5.91 Å². The fourth-order valence-corrected chi connectivity index (χ4v) is 3.02. The maximum atomic E-state index is 13.6. The average Bonchev–Trinajstić information content (AvgIpc) is 2.77. The largest absolute Gasteiger partial charge is 0.456 e. The van der Waals surface area contributed by atoms with Crippen LogP contribution in [0, 0.1) is 25.5 Å². The van der Waals surface area contributed by atoms with Crippen molar-refractivity contribution in [1.82, 2.24) is 10.2 Å². The Balaban J connectivity index is 1.67. The standard InChI is InChI=1S/C24H27F2N3O5/c1-15-6-4-7-16(2)23(15)28-20(30)13-29(3)21(31)14-34-22(32)8-5-11-27-24(33)18-10-9-17(25)12-19(18)26/h4,6-7,9-10,12H,5,8,11,13-14H2,1-3H3,(H,27,33)(H,28,30). The molecule has 0 bridgehead atoms. The zero-order valence-corrected chi connectivity index (χ0v) is 19.2. The molecule has 0 saturated carbocycles. The average molecular weight is 475 g/mol. The van der Waals surface area contributed by atoms with Crippen LogP contribution in [0.15, 0.2) is 36.4 Å². The smallest absolute Gasteiger partial charge is 0.306 e. The molecule has 34 heavy (non-hydrogen) atoms. The third kappa shape index (κ3) is 7.95. The second kappa shape index (κ2) is 12.4. The molecule has 2 rings (SSSR count). The molecule has 0 saturated heterocycles. The van der Waals surface area contributed by atoms with Gasteiger partial charge in [-0.25, -0.2) is 8.78 Å². The number of likely N-dealkylation sites (N-methyl/N-ethyl adjacent to an activating group) is 1. The number of benzene rings is 2. The monoisotopic (exact) mass is 475 g/mol. The van der Waals surface area contributed by atoms with Gasteiger partial charge in [0.1, 0.15) is 11.6 Å². The first kappa shape index (κ1) is 26.4. The van der Waals surface area contributed by atoms with Gasteiger partial charge in [-0.2, -0.15) is 0 Å². The molecule has 0 fully saturated rings. The van der Waals surface area contributed by atoms with Crippen molar-refractivity contribution in [3.05, 3.63) is 64.7 Å². The summed E-state index contributed by atoms with van der Waals surface area (Å²) in [5.41, 5.74) is 2.18. The quantitative estimate of drug-likeness (QED) is 0.406. The van der Waals surface area contributed by atoms with Crippen molar-refractivity contribution in [2.45, 2.75) is 26.7 Å². The number of hydrogen-bond donors (Lipinski definition) is 2. The van der Waals surface area contributed by atoms with Gasteiger partial charge in [-0.15, -0.1) is 0 Å². The second-order valence-corrected chi connectivity index (χ2v) is 7.71. The van der Waals surface area contributed by atoms with E-state index in [-0.39, 0.29) is 37.4 Å². The van der Waals surface area contributed by atoms with Crippen LogP contribution >= 0.6 is 0 Å². The normalized spacial score (nSPS) is 10.4. The number of nitrogens with one attached hydrogen (secondary N) is 2. The van der Waals surface area contributed by atoms with Crippen molar-refractivity contribution < 1.29 is 32.7 Å². The Morgan fingerprint density at radius 1 is 1.03 bits per heavy atom. The molecule has 0 aliphatic heterocycles. The zero-order chi connectivity index (χ0) is 25.3. The van der Waals surface area contributed by atoms with Gasteiger partial charge in [0, 0.05) is 31.8 Å². The van der Waals surface area contributed by atoms with Gasteiger partial charge in [0.05, 0.1) is 12.1 Å². The number of para-hydroxylation sites is 1. The number of amides is 3. The van der Waals surface area contributed by atoms with Gasteiger partial charge in [-0.05, 0) is 43.5 Å². The lowest BCUT2D eigenvalue weighted by Crippen LogP contribution is -2.37. The number of carbonyl (C=O) groups excluding carboxylic acids is 4. The van der Waals surface area contributed by atoms with Crippen molar-refractivity contribution in [3.8, 4) is 0 Å². The summed E-state index contributed by atoms with van der Waals surface area (Å²) in [6, 6.07) is 8.21. The van der Waals surface area contributed by atoms with Crippen LogP contribution in [-0.2, 0) is 19.1 Å². The number of esters is 1. The minimum Gasteiger partial charge on any atom is -0.456 e. The summed E-state index contributed by atoms with van der Waals surface area (Å²) < 4.78 is 31.4. The van der Waals surface area contributed by atoms with Gasteiger partial charge in [-0.1, -0.05) is 18.2 Å². The van der Waals surface area contributed by atoms with Crippen LogP contribution in [0.4, 0.5) is 14.5 Å². The maximum absolute atomic E-state index is 13.6. The Labute approximate surface area is 196 Å². The highest BCUT2D eigenvalue weighted by Crippen LogP contribution is 2.19. The van der Waals surface area contributed by atoms with E-state index in [2.05, 4.69) is 10.6 Å². The molecule has 0 aliphatic rings. The molecule has 10 heteroatoms. The number of anilines is 1. The van der Waals surface area contributed by atoms with E-state index in [1.54, 1.807) is 0 Å². The highest BCUT2D eigenvalue weighted by molar-refractivity contribution is 5.96. The first-order valence-corrected chi connectivity index (χ1v) is 10.6. The molecule has 0 heterocycles. The van der Waals surface area contributed by atoms with Crippen molar-refractivity contribution in [2.75, 3.05) is 32.1 Å². The van der Waals surface area contributed by atoms with Gasteiger partial charge in [-0.3, -0.25) is 19.2 Å². The number of nitrogens with zero attached hydrogens (tertiary/aromatic N) is 1. The van der Waals surface area contributed by atoms with Crippen LogP contribution in [0.1, 0.15) is 34.3 Å². The van der Waals surface area contributed by atoms with Gasteiger partial charge >= 0.3 is 5.97 Å². The Bertz CT molecular complexity index is 1050. The summed E-state index contributed by atoms with van der Waals surface area (Å²) in [5, 5.41) is 5.19. The van der Waals surface area contributed by atoms with Gasteiger partial charge < -0.3 is 20.3 Å². The molecule has 0 atom stereocenters. The molecule has 3 amide bonds. The van der Waals surface area contributed by atoms with Crippen LogP contribution in [0.5, 0.6) is 0 Å². The molecule has 0 aromatic heterocycles. The predicted octanol–water partition coefficient (Wildman–Crippen LogP) is 2.73. The number of carbonyl (C=O) groups is 4. The molecular formula is C24H27F2N3O5. The van der Waals surface area contributed by atoms with Crippen molar-refractivity contribution >= 4 is 29.4 Å². The van der Waals surface area contributed by atoms with Crippen LogP contribution in [0.3, 0.4) is 0 Å². The van der Waals surface area contributed by atoms with Crippen molar-refractivity contribution in [1.29, 1.82) is 0 Å². The van der Waals surface area contributed by atoms with Crippen LogP contribution in [0.2, 0.25) is 0 Å². The summed E-state index contributed by atoms with van der Waals surface area (Å²) in [6.07, 6.45) is 0.103. The summed E-state index contributed by atoms with van der Waals surface area (Å²) in [7, 11) is 1.42. The zero-order valence-electron chi connectivity index (χ0n) is 19.2. The fourth-order valence-electron chi connectivity index (χ4n) is 3.02. The minimum absolute atomic E-state index is 0.0527. The van der Waals surface area contributed by atoms with Gasteiger partial charge in [0.25, 0.3) is 11.8 Å². The molecule has 0 radical (unpaired) electrons. The van der Waals surface area contributed by atoms with Crippen molar-refractivity contribution in [3.63, 3.8) is 0 Å². The number of halogens is 2. The van der Waals surface area contributed by atoms with E-state index in [1.165, 1.54) is 7.05 Å². The summed E-state index contributed by atoms with van der Waals surface area (Å²) in [4.78, 5) is 49.3. The van der Waals surface area contributed by atoms with Crippen LogP contribution in [0.25, 0.3) is 0 Å². The van der Waals surface area contributed by atoms with E-state index in [1.807, 2.05) is 32.0 Å². The maximum Gasteiger partial charge on any atom is 0.306 e. The number of aryl methyl sites for hydroxylation is 2. The van der Waals surface area contributed by atoms with E-state index in [4.69, 9.17) is 4.74 Å². The number of rotatable bonds is 10. The lowest BCUT2D eigenvalue weighted by atomic mass is 10.1. The lowest BCUT2D eigenvalue weighted by molar-refractivity contribution is -0.151. The Morgan fingerprint density at radius 2 is 1.71 bits per heavy atom. The van der Waals surface area contributed by atoms with E-state index in [0.29, 0.717) is 11.8 Å². The first-order valence-electron chi connectivity index (χ1n) is 10.6. The van der Waals surface area contributed by atoms with Gasteiger partial charge in [0.15, 0.2) is 6.61 Å². The molecule has 0 aliphatic carbocycles. The Morgan fingerprint density at radius 3 is 2.35 bits per heavy atom. The van der Waals surface area contributed by atoms with Crippen molar-refractivity contribution in [2.24, 2.45) is 0 Å². The molecule has 2 N–H and O–H groups in total. The summed E-state index contributed by atoms with van der Waals surface area (Å²) in [5.74, 6) is -4.11. The molecule has 8 nitrogen and oxygen atoms in total. The topological polar surface area (TPSA) is 105 Å². The minimum atomic E-state index is -0.984. The Kier molecular flexibility index (Phi) is 9.66. The van der Waals surface area contributed by atoms with E-state index in [0.717, 1.165) is 28.2 Å². The molecule has 2 aromatic rings. The second-order valence-electron chi connectivity index (χ2n) is 7.71. The summed E-state index contributed by atoms with van der Waals surface area (Å²) >= 11 is 0. The number of hydrogen-bond acceptors (Lipinski definition) is 5. The molecule has 0 spiro atoms. The molecule has 0 unspecified atom stereocenters. The van der Waals surface area contributed by atoms with E-state index < -0.39 is 36.0 Å². The van der Waals surface area contributed by atoms with E-state index in [9.17, 15) is 28.0 Å². The fraction of sp³-hybridized carbons (Fsp3) is 0.333. The highest BCUT2D eigenvalue weighted by atomic mass is 19.1. The lowest BCUT2D eigenvalue weighted by Gasteiger charge is -2.18. The third-order valence-electron chi connectivity index (χ3n) is 4.93. The third-order valence-corrected chi connectivity index (χ3v) is 4.93. The number of ether oxygens (including phenoxy) is 1. The Hall–Kier alpha value is -3.82. The molecular weight excluding hydrogens is 448 g/mol. The SMILES string of the molecule is Cc1cccc(C)c1NC(=O)CN(C)C(=O)COC(=O)CCCNC(=O)c1ccc(F)cc1F. The molecule has 182 valence electrons. The van der Waals surface area contributed by atoms with Crippen LogP contribution in [-0.4, -0.2) is 55.3 Å². The summed E-state index contributed by atoms with van der Waals surface area (Å²) in [6.45, 7) is 3.04. The predicted molar refractivity (Wildman–Crippen MR) is 121 cm³/mol.